The van der Waals surface area contributed by atoms with Gasteiger partial charge >= 0.3 is 0 Å². The average Bonchev–Trinajstić information content (AvgIpc) is 2.17. The van der Waals surface area contributed by atoms with Gasteiger partial charge in [-0.1, -0.05) is 17.7 Å². The molecule has 0 N–H and O–H groups in total. The lowest BCUT2D eigenvalue weighted by molar-refractivity contribution is 0.602. The summed E-state index contributed by atoms with van der Waals surface area (Å²) < 4.78 is 5.10. The molecule has 2 aromatic rings. The first-order valence-electron chi connectivity index (χ1n) is 3.96. The Morgan fingerprint density at radius 1 is 1.33 bits per heavy atom. The molecule has 74 valence electrons. The number of rotatable bonds is 0. The maximum Gasteiger partial charge on any atom is 0.215 e. The van der Waals surface area contributed by atoms with Crippen LogP contribution in [0.3, 0.4) is 0 Å². The van der Waals surface area contributed by atoms with Crippen molar-refractivity contribution >= 4 is 34.2 Å². The van der Waals surface area contributed by atoms with Gasteiger partial charge in [0.2, 0.25) is 10.6 Å². The molecule has 0 bridgehead atoms. The Kier molecular flexibility index (Phi) is 2.39. The number of hydrogen-bond acceptors (Lipinski definition) is 3. The summed E-state index contributed by atoms with van der Waals surface area (Å²) >= 11 is 11.5. The van der Waals surface area contributed by atoms with Gasteiger partial charge in [0.15, 0.2) is 5.56 Å². The normalized spacial score (nSPS) is 10.2. The Labute approximate surface area is 94.4 Å². The molecule has 15 heavy (non-hydrogen) atoms. The number of halogens is 2. The lowest BCUT2D eigenvalue weighted by Gasteiger charge is -2.00. The fourth-order valence-corrected chi connectivity index (χ4v) is 1.73. The van der Waals surface area contributed by atoms with E-state index < -0.39 is 5.43 Å². The Morgan fingerprint density at radius 3 is 2.73 bits per heavy atom. The van der Waals surface area contributed by atoms with Gasteiger partial charge in [-0.2, -0.15) is 5.26 Å². The lowest BCUT2D eigenvalue weighted by Crippen LogP contribution is -2.07. The highest BCUT2D eigenvalue weighted by Crippen LogP contribution is 2.24. The van der Waals surface area contributed by atoms with Crippen LogP contribution in [0.4, 0.5) is 0 Å². The van der Waals surface area contributed by atoms with Crippen molar-refractivity contribution in [1.82, 2.24) is 0 Å². The minimum atomic E-state index is -0.505. The van der Waals surface area contributed by atoms with Crippen LogP contribution in [0.2, 0.25) is 10.2 Å². The first kappa shape index (κ1) is 10.0. The van der Waals surface area contributed by atoms with Crippen molar-refractivity contribution in [3.63, 3.8) is 0 Å². The highest BCUT2D eigenvalue weighted by molar-refractivity contribution is 6.35. The molecule has 0 aliphatic carbocycles. The summed E-state index contributed by atoms with van der Waals surface area (Å²) in [5, 5.41) is 8.93. The fraction of sp³-hybridized carbons (Fsp3) is 0. The van der Waals surface area contributed by atoms with Gasteiger partial charge in [0, 0.05) is 0 Å². The Bertz CT molecular complexity index is 640. The third-order valence-corrected chi connectivity index (χ3v) is 2.52. The van der Waals surface area contributed by atoms with Crippen molar-refractivity contribution in [3.05, 3.63) is 44.2 Å². The smallest absolute Gasteiger partial charge is 0.215 e. The van der Waals surface area contributed by atoms with Crippen molar-refractivity contribution < 1.29 is 4.42 Å². The third kappa shape index (κ3) is 1.48. The Hall–Kier alpha value is -1.50. The largest absolute Gasteiger partial charge is 0.443 e. The predicted molar refractivity (Wildman–Crippen MR) is 57.2 cm³/mol. The Balaban J connectivity index is 3.08. The van der Waals surface area contributed by atoms with Crippen LogP contribution in [0.25, 0.3) is 11.0 Å². The second-order valence-corrected chi connectivity index (χ2v) is 3.56. The van der Waals surface area contributed by atoms with Crippen molar-refractivity contribution in [3.8, 4) is 6.07 Å². The van der Waals surface area contributed by atoms with Crippen LogP contribution in [-0.2, 0) is 0 Å². The zero-order valence-electron chi connectivity index (χ0n) is 7.25. The van der Waals surface area contributed by atoms with E-state index in [1.807, 2.05) is 0 Å². The van der Waals surface area contributed by atoms with E-state index in [-0.39, 0.29) is 26.8 Å². The van der Waals surface area contributed by atoms with Crippen molar-refractivity contribution in [2.75, 3.05) is 0 Å². The molecule has 0 aliphatic heterocycles. The quantitative estimate of drug-likeness (QED) is 0.711. The molecule has 0 saturated carbocycles. The molecular weight excluding hydrogens is 237 g/mol. The molecule has 0 spiro atoms. The van der Waals surface area contributed by atoms with Crippen molar-refractivity contribution in [2.45, 2.75) is 0 Å². The number of nitrogens with zero attached hydrogens (tertiary/aromatic N) is 1. The molecule has 0 atom stereocenters. The molecule has 1 aromatic heterocycles. The zero-order valence-corrected chi connectivity index (χ0v) is 8.76. The summed E-state index contributed by atoms with van der Waals surface area (Å²) in [6, 6.07) is 6.44. The van der Waals surface area contributed by atoms with Gasteiger partial charge < -0.3 is 4.42 Å². The van der Waals surface area contributed by atoms with Gasteiger partial charge in [-0.25, -0.2) is 0 Å². The van der Waals surface area contributed by atoms with E-state index in [9.17, 15) is 4.79 Å². The fourth-order valence-electron chi connectivity index (χ4n) is 1.27. The molecule has 0 fully saturated rings. The van der Waals surface area contributed by atoms with Crippen LogP contribution in [-0.4, -0.2) is 0 Å². The molecule has 2 rings (SSSR count). The maximum atomic E-state index is 11.7. The van der Waals surface area contributed by atoms with Crippen molar-refractivity contribution in [2.24, 2.45) is 0 Å². The zero-order chi connectivity index (χ0) is 11.0. The van der Waals surface area contributed by atoms with E-state index >= 15 is 0 Å². The van der Waals surface area contributed by atoms with Crippen LogP contribution < -0.4 is 5.43 Å². The van der Waals surface area contributed by atoms with Gasteiger partial charge in [0.1, 0.15) is 11.7 Å². The molecule has 0 radical (unpaired) electrons. The molecule has 1 aromatic carbocycles. The predicted octanol–water partition coefficient (Wildman–Crippen LogP) is 2.97. The van der Waals surface area contributed by atoms with Crippen LogP contribution in [0.1, 0.15) is 5.56 Å². The molecule has 5 heteroatoms. The highest BCUT2D eigenvalue weighted by Gasteiger charge is 2.14. The molecule has 0 amide bonds. The first-order chi connectivity index (χ1) is 7.15. The van der Waals surface area contributed by atoms with Gasteiger partial charge in [-0.3, -0.25) is 4.79 Å². The van der Waals surface area contributed by atoms with Gasteiger partial charge in [0.25, 0.3) is 0 Å². The topological polar surface area (TPSA) is 54.0 Å². The molecule has 3 nitrogen and oxygen atoms in total. The minimum absolute atomic E-state index is 0.181. The number of hydrogen-bond donors (Lipinski definition) is 0. The SMILES string of the molecule is N#Cc1c(Cl)oc2cccc(Cl)c2c1=O. The van der Waals surface area contributed by atoms with Crippen LogP contribution in [0, 0.1) is 11.3 Å². The summed E-state index contributed by atoms with van der Waals surface area (Å²) in [5.74, 6) is 0. The standard InChI is InChI=1S/C10H3Cl2NO2/c11-6-2-1-3-7-8(6)9(14)5(4-13)10(12)15-7/h1-3H. The van der Waals surface area contributed by atoms with Gasteiger partial charge in [-0.05, 0) is 23.7 Å². The van der Waals surface area contributed by atoms with Crippen LogP contribution in [0.15, 0.2) is 27.4 Å². The first-order valence-corrected chi connectivity index (χ1v) is 4.71. The summed E-state index contributed by atoms with van der Waals surface area (Å²) in [7, 11) is 0. The third-order valence-electron chi connectivity index (χ3n) is 1.94. The summed E-state index contributed by atoms with van der Waals surface area (Å²) in [4.78, 5) is 11.7. The summed E-state index contributed by atoms with van der Waals surface area (Å²) in [6.07, 6.45) is 0. The van der Waals surface area contributed by atoms with Gasteiger partial charge in [-0.15, -0.1) is 0 Å². The number of nitriles is 1. The summed E-state index contributed by atoms with van der Waals surface area (Å²) in [5.41, 5.74) is -0.455. The van der Waals surface area contributed by atoms with Crippen molar-refractivity contribution in [1.29, 1.82) is 5.26 Å². The molecular formula is C10H3Cl2NO2. The Morgan fingerprint density at radius 2 is 2.07 bits per heavy atom. The minimum Gasteiger partial charge on any atom is -0.443 e. The second kappa shape index (κ2) is 3.58. The lowest BCUT2D eigenvalue weighted by atomic mass is 10.2. The van der Waals surface area contributed by atoms with Crippen LogP contribution in [0.5, 0.6) is 0 Å². The molecule has 1 heterocycles. The van der Waals surface area contributed by atoms with E-state index in [0.29, 0.717) is 0 Å². The summed E-state index contributed by atoms with van der Waals surface area (Å²) in [6.45, 7) is 0. The highest BCUT2D eigenvalue weighted by atomic mass is 35.5. The van der Waals surface area contributed by atoms with E-state index in [0.717, 1.165) is 0 Å². The van der Waals surface area contributed by atoms with E-state index in [4.69, 9.17) is 32.9 Å². The molecule has 0 unspecified atom stereocenters. The number of benzene rings is 1. The average molecular weight is 240 g/mol. The second-order valence-electron chi connectivity index (χ2n) is 2.80. The number of fused-ring (bicyclic) bond motifs is 1. The maximum absolute atomic E-state index is 11.7. The van der Waals surface area contributed by atoms with Crippen LogP contribution >= 0.6 is 23.2 Å². The van der Waals surface area contributed by atoms with E-state index in [1.54, 1.807) is 24.3 Å². The molecule has 0 aliphatic rings. The monoisotopic (exact) mass is 239 g/mol. The van der Waals surface area contributed by atoms with E-state index in [1.165, 1.54) is 0 Å². The molecule has 0 saturated heterocycles. The van der Waals surface area contributed by atoms with E-state index in [2.05, 4.69) is 0 Å². The van der Waals surface area contributed by atoms with Gasteiger partial charge in [0.05, 0.1) is 10.4 Å².